The molecule has 0 spiro atoms. The summed E-state index contributed by atoms with van der Waals surface area (Å²) < 4.78 is 0. The van der Waals surface area contributed by atoms with Crippen molar-refractivity contribution in [1.82, 2.24) is 10.3 Å². The Morgan fingerprint density at radius 3 is 2.75 bits per heavy atom. The maximum Gasteiger partial charge on any atom is 0.336 e. The third-order valence-electron chi connectivity index (χ3n) is 1.95. The summed E-state index contributed by atoms with van der Waals surface area (Å²) in [4.78, 5) is 23.9. The molecule has 7 heteroatoms. The standard InChI is InChI=1S/C9H12N2O5/c12-2-1-10-4-6-5(9(15)16)3-7(13)11-8(6)14/h3,10,12H,1-2,4H2,(H,15,16)(H2,11,13,14). The predicted molar refractivity (Wildman–Crippen MR) is 54.5 cm³/mol. The number of carbonyl (C=O) groups is 1. The van der Waals surface area contributed by atoms with Crippen LogP contribution in [0.4, 0.5) is 0 Å². The Labute approximate surface area is 90.4 Å². The minimum Gasteiger partial charge on any atom is -0.494 e. The maximum absolute atomic E-state index is 11.0. The molecule has 7 nitrogen and oxygen atoms in total. The molecule has 1 aromatic heterocycles. The number of aromatic carboxylic acids is 1. The molecular weight excluding hydrogens is 216 g/mol. The normalized spacial score (nSPS) is 10.3. The van der Waals surface area contributed by atoms with Crippen LogP contribution in [-0.4, -0.2) is 39.4 Å². The number of pyridine rings is 1. The van der Waals surface area contributed by atoms with E-state index in [0.717, 1.165) is 6.07 Å². The smallest absolute Gasteiger partial charge is 0.336 e. The van der Waals surface area contributed by atoms with E-state index in [1.165, 1.54) is 0 Å². The Morgan fingerprint density at radius 2 is 2.19 bits per heavy atom. The summed E-state index contributed by atoms with van der Waals surface area (Å²) in [7, 11) is 0. The molecule has 0 aromatic carbocycles. The van der Waals surface area contributed by atoms with Gasteiger partial charge in [0.25, 0.3) is 5.56 Å². The fraction of sp³-hybridized carbons (Fsp3) is 0.333. The van der Waals surface area contributed by atoms with E-state index in [-0.39, 0.29) is 30.8 Å². The van der Waals surface area contributed by atoms with Gasteiger partial charge in [0.2, 0.25) is 0 Å². The maximum atomic E-state index is 11.0. The van der Waals surface area contributed by atoms with Crippen molar-refractivity contribution in [3.8, 4) is 5.88 Å². The zero-order valence-electron chi connectivity index (χ0n) is 8.36. The van der Waals surface area contributed by atoms with Crippen LogP contribution in [0.3, 0.4) is 0 Å². The fourth-order valence-corrected chi connectivity index (χ4v) is 1.24. The first-order valence-corrected chi connectivity index (χ1v) is 4.56. The molecule has 1 rings (SSSR count). The molecule has 0 radical (unpaired) electrons. The van der Waals surface area contributed by atoms with E-state index in [2.05, 4.69) is 10.3 Å². The molecule has 0 bridgehead atoms. The number of hydrogen-bond donors (Lipinski definition) is 5. The van der Waals surface area contributed by atoms with Gasteiger partial charge >= 0.3 is 5.97 Å². The summed E-state index contributed by atoms with van der Waals surface area (Å²) in [5.41, 5.74) is -0.854. The Hall–Kier alpha value is -1.86. The highest BCUT2D eigenvalue weighted by Gasteiger charge is 2.15. The van der Waals surface area contributed by atoms with Gasteiger partial charge in [0.15, 0.2) is 5.88 Å². The number of carboxylic acid groups (broad SMARTS) is 1. The van der Waals surface area contributed by atoms with E-state index in [9.17, 15) is 14.7 Å². The van der Waals surface area contributed by atoms with Gasteiger partial charge in [0, 0.05) is 24.7 Å². The number of rotatable bonds is 5. The molecular formula is C9H12N2O5. The van der Waals surface area contributed by atoms with Crippen LogP contribution in [0.2, 0.25) is 0 Å². The SMILES string of the molecule is O=C(O)c1cc(=O)[nH]c(O)c1CNCCO. The molecule has 0 amide bonds. The van der Waals surface area contributed by atoms with Crippen LogP contribution in [0.25, 0.3) is 0 Å². The summed E-state index contributed by atoms with van der Waals surface area (Å²) in [5, 5.41) is 29.5. The van der Waals surface area contributed by atoms with Crippen LogP contribution < -0.4 is 10.9 Å². The quantitative estimate of drug-likeness (QED) is 0.406. The molecule has 0 fully saturated rings. The van der Waals surface area contributed by atoms with E-state index < -0.39 is 17.4 Å². The van der Waals surface area contributed by atoms with E-state index in [1.807, 2.05) is 0 Å². The number of aliphatic hydroxyl groups is 1. The molecule has 0 aliphatic heterocycles. The number of aromatic nitrogens is 1. The lowest BCUT2D eigenvalue weighted by atomic mass is 10.1. The second kappa shape index (κ2) is 5.29. The van der Waals surface area contributed by atoms with Gasteiger partial charge < -0.3 is 20.6 Å². The van der Waals surface area contributed by atoms with Crippen molar-refractivity contribution in [3.05, 3.63) is 27.5 Å². The van der Waals surface area contributed by atoms with Gasteiger partial charge in [0.05, 0.1) is 12.2 Å². The van der Waals surface area contributed by atoms with Crippen molar-refractivity contribution in [1.29, 1.82) is 0 Å². The van der Waals surface area contributed by atoms with Crippen LogP contribution in [0.5, 0.6) is 5.88 Å². The highest BCUT2D eigenvalue weighted by Crippen LogP contribution is 2.15. The number of H-pyrrole nitrogens is 1. The van der Waals surface area contributed by atoms with Crippen molar-refractivity contribution < 1.29 is 20.1 Å². The number of aromatic amines is 1. The van der Waals surface area contributed by atoms with Gasteiger partial charge in [-0.1, -0.05) is 0 Å². The van der Waals surface area contributed by atoms with E-state index in [4.69, 9.17) is 10.2 Å². The van der Waals surface area contributed by atoms with Crippen LogP contribution in [0, 0.1) is 0 Å². The van der Waals surface area contributed by atoms with Crippen molar-refractivity contribution >= 4 is 5.97 Å². The lowest BCUT2D eigenvalue weighted by Crippen LogP contribution is -2.21. The first-order chi connectivity index (χ1) is 7.56. The number of aromatic hydroxyl groups is 1. The van der Waals surface area contributed by atoms with Crippen LogP contribution in [0.1, 0.15) is 15.9 Å². The Kier molecular flexibility index (Phi) is 4.03. The zero-order chi connectivity index (χ0) is 12.1. The van der Waals surface area contributed by atoms with Gasteiger partial charge in [0.1, 0.15) is 0 Å². The third-order valence-corrected chi connectivity index (χ3v) is 1.95. The lowest BCUT2D eigenvalue weighted by molar-refractivity contribution is 0.0694. The van der Waals surface area contributed by atoms with Crippen LogP contribution in [-0.2, 0) is 6.54 Å². The summed E-state index contributed by atoms with van der Waals surface area (Å²) in [5.74, 6) is -1.77. The monoisotopic (exact) mass is 228 g/mol. The Morgan fingerprint density at radius 1 is 1.50 bits per heavy atom. The molecule has 1 heterocycles. The van der Waals surface area contributed by atoms with Crippen molar-refractivity contribution in [2.24, 2.45) is 0 Å². The van der Waals surface area contributed by atoms with Gasteiger partial charge in [-0.2, -0.15) is 0 Å². The highest BCUT2D eigenvalue weighted by molar-refractivity contribution is 5.89. The van der Waals surface area contributed by atoms with Crippen molar-refractivity contribution in [2.45, 2.75) is 6.54 Å². The number of aliphatic hydroxyl groups excluding tert-OH is 1. The van der Waals surface area contributed by atoms with E-state index in [0.29, 0.717) is 0 Å². The first-order valence-electron chi connectivity index (χ1n) is 4.56. The topological polar surface area (TPSA) is 123 Å². The largest absolute Gasteiger partial charge is 0.494 e. The Balaban J connectivity index is 3.04. The zero-order valence-corrected chi connectivity index (χ0v) is 8.36. The number of hydrogen-bond acceptors (Lipinski definition) is 5. The minimum absolute atomic E-state index is 0.0464. The highest BCUT2D eigenvalue weighted by atomic mass is 16.4. The fourth-order valence-electron chi connectivity index (χ4n) is 1.24. The summed E-state index contributed by atoms with van der Waals surface area (Å²) in [6.45, 7) is 0.203. The molecule has 0 aliphatic rings. The molecule has 16 heavy (non-hydrogen) atoms. The van der Waals surface area contributed by atoms with E-state index in [1.54, 1.807) is 0 Å². The Bertz CT molecular complexity index is 440. The molecule has 0 saturated carbocycles. The van der Waals surface area contributed by atoms with Crippen LogP contribution in [0.15, 0.2) is 10.9 Å². The molecule has 0 atom stereocenters. The lowest BCUT2D eigenvalue weighted by Gasteiger charge is -2.08. The summed E-state index contributed by atoms with van der Waals surface area (Å²) >= 11 is 0. The van der Waals surface area contributed by atoms with Gasteiger partial charge in [-0.05, 0) is 0 Å². The molecule has 0 saturated heterocycles. The predicted octanol–water partition coefficient (Wildman–Crippen LogP) is -1.14. The first kappa shape index (κ1) is 12.2. The average Bonchev–Trinajstić information content (AvgIpc) is 2.20. The minimum atomic E-state index is -1.29. The number of carboxylic acids is 1. The van der Waals surface area contributed by atoms with Gasteiger partial charge in [-0.3, -0.25) is 9.78 Å². The summed E-state index contributed by atoms with van der Waals surface area (Å²) in [6, 6.07) is 0.901. The van der Waals surface area contributed by atoms with Crippen molar-refractivity contribution in [2.75, 3.05) is 13.2 Å². The van der Waals surface area contributed by atoms with Crippen molar-refractivity contribution in [3.63, 3.8) is 0 Å². The van der Waals surface area contributed by atoms with Gasteiger partial charge in [-0.15, -0.1) is 0 Å². The molecule has 5 N–H and O–H groups in total. The molecule has 0 unspecified atom stereocenters. The summed E-state index contributed by atoms with van der Waals surface area (Å²) in [6.07, 6.45) is 0. The molecule has 1 aromatic rings. The number of nitrogens with one attached hydrogen (secondary N) is 2. The molecule has 88 valence electrons. The third kappa shape index (κ3) is 2.81. The van der Waals surface area contributed by atoms with Gasteiger partial charge in [-0.25, -0.2) is 4.79 Å². The second-order valence-corrected chi connectivity index (χ2v) is 3.08. The van der Waals surface area contributed by atoms with E-state index >= 15 is 0 Å². The van der Waals surface area contributed by atoms with Crippen LogP contribution >= 0.6 is 0 Å². The average molecular weight is 228 g/mol. The molecule has 0 aliphatic carbocycles. The second-order valence-electron chi connectivity index (χ2n) is 3.08.